The van der Waals surface area contributed by atoms with Gasteiger partial charge in [-0.05, 0) is 30.2 Å². The number of aromatic nitrogens is 1. The first-order chi connectivity index (χ1) is 11.2. The number of hydrogen-bond donors (Lipinski definition) is 0. The monoisotopic (exact) mass is 295 g/mol. The summed E-state index contributed by atoms with van der Waals surface area (Å²) in [4.78, 5) is 8.10. The first kappa shape index (κ1) is 14.5. The van der Waals surface area contributed by atoms with Crippen molar-refractivity contribution in [2.75, 3.05) is 0 Å². The van der Waals surface area contributed by atoms with E-state index in [1.807, 2.05) is 43.3 Å². The molecule has 0 unspecified atom stereocenters. The Bertz CT molecular complexity index is 945. The van der Waals surface area contributed by atoms with Gasteiger partial charge in [0.15, 0.2) is 5.69 Å². The van der Waals surface area contributed by atoms with Crippen LogP contribution in [0.1, 0.15) is 11.1 Å². The number of benzene rings is 2. The molecule has 0 aliphatic rings. The Hall–Kier alpha value is -3.43. The van der Waals surface area contributed by atoms with Gasteiger partial charge in [-0.2, -0.15) is 5.26 Å². The van der Waals surface area contributed by atoms with E-state index in [1.54, 1.807) is 24.4 Å². The lowest BCUT2D eigenvalue weighted by molar-refractivity contribution is 1.29. The van der Waals surface area contributed by atoms with E-state index < -0.39 is 0 Å². The van der Waals surface area contributed by atoms with Gasteiger partial charge < -0.3 is 0 Å². The minimum Gasteiger partial charge on any atom is -0.257 e. The number of rotatable bonds is 2. The van der Waals surface area contributed by atoms with Crippen molar-refractivity contribution < 1.29 is 0 Å². The molecule has 0 saturated heterocycles. The quantitative estimate of drug-likeness (QED) is 0.614. The van der Waals surface area contributed by atoms with E-state index in [9.17, 15) is 0 Å². The summed E-state index contributed by atoms with van der Waals surface area (Å²) < 4.78 is 0. The fourth-order valence-electron chi connectivity index (χ4n) is 2.62. The molecule has 108 valence electrons. The summed E-state index contributed by atoms with van der Waals surface area (Å²) in [5.41, 5.74) is 5.58. The summed E-state index contributed by atoms with van der Waals surface area (Å²) in [7, 11) is 0. The summed E-state index contributed by atoms with van der Waals surface area (Å²) in [5.74, 6) is 0. The third-order valence-electron chi connectivity index (χ3n) is 3.72. The molecule has 0 amide bonds. The standard InChI is InChI=1S/C20H13N3/c1-14-10-11-23-20(19(14)16-6-4-3-5-7-16)17-12-15(13-21)8-9-18(17)22-2/h3-12H,1H3. The van der Waals surface area contributed by atoms with Gasteiger partial charge in [0, 0.05) is 17.3 Å². The van der Waals surface area contributed by atoms with E-state index in [-0.39, 0.29) is 0 Å². The van der Waals surface area contributed by atoms with Gasteiger partial charge in [0.2, 0.25) is 0 Å². The molecule has 3 aromatic rings. The Kier molecular flexibility index (Phi) is 3.87. The molecule has 1 aromatic heterocycles. The Morgan fingerprint density at radius 3 is 2.57 bits per heavy atom. The Balaban J connectivity index is 2.33. The highest BCUT2D eigenvalue weighted by molar-refractivity contribution is 5.89. The van der Waals surface area contributed by atoms with Crippen molar-refractivity contribution in [3.8, 4) is 28.5 Å². The van der Waals surface area contributed by atoms with Crippen molar-refractivity contribution in [2.24, 2.45) is 0 Å². The van der Waals surface area contributed by atoms with Crippen LogP contribution in [0.25, 0.3) is 27.2 Å². The number of hydrogen-bond acceptors (Lipinski definition) is 2. The zero-order chi connectivity index (χ0) is 16.2. The lowest BCUT2D eigenvalue weighted by Crippen LogP contribution is -1.93. The first-order valence-electron chi connectivity index (χ1n) is 7.17. The highest BCUT2D eigenvalue weighted by atomic mass is 14.7. The smallest absolute Gasteiger partial charge is 0.196 e. The first-order valence-corrected chi connectivity index (χ1v) is 7.17. The van der Waals surface area contributed by atoms with Gasteiger partial charge in [-0.25, -0.2) is 4.85 Å². The van der Waals surface area contributed by atoms with Gasteiger partial charge in [-0.3, -0.25) is 4.98 Å². The van der Waals surface area contributed by atoms with E-state index in [2.05, 4.69) is 15.9 Å². The van der Waals surface area contributed by atoms with Gasteiger partial charge in [0.05, 0.1) is 23.9 Å². The van der Waals surface area contributed by atoms with Crippen LogP contribution in [0.4, 0.5) is 5.69 Å². The number of pyridine rings is 1. The van der Waals surface area contributed by atoms with E-state index in [1.165, 1.54) is 0 Å². The van der Waals surface area contributed by atoms with Gasteiger partial charge in [0.1, 0.15) is 0 Å². The topological polar surface area (TPSA) is 41.0 Å². The van der Waals surface area contributed by atoms with Crippen LogP contribution >= 0.6 is 0 Å². The molecule has 2 aromatic carbocycles. The Labute approximate surface area is 135 Å². The lowest BCUT2D eigenvalue weighted by Gasteiger charge is -2.13. The second-order valence-electron chi connectivity index (χ2n) is 5.17. The zero-order valence-corrected chi connectivity index (χ0v) is 12.6. The van der Waals surface area contributed by atoms with Gasteiger partial charge in [-0.1, -0.05) is 42.5 Å². The van der Waals surface area contributed by atoms with Crippen LogP contribution in [0, 0.1) is 24.8 Å². The molecule has 0 aliphatic heterocycles. The van der Waals surface area contributed by atoms with Crippen molar-refractivity contribution >= 4 is 5.69 Å². The van der Waals surface area contributed by atoms with E-state index >= 15 is 0 Å². The van der Waals surface area contributed by atoms with Crippen LogP contribution in [0.3, 0.4) is 0 Å². The highest BCUT2D eigenvalue weighted by Crippen LogP contribution is 2.38. The molecule has 0 fully saturated rings. The summed E-state index contributed by atoms with van der Waals surface area (Å²) in [6.45, 7) is 9.43. The second kappa shape index (κ2) is 6.13. The maximum absolute atomic E-state index is 9.17. The van der Waals surface area contributed by atoms with Crippen LogP contribution in [-0.4, -0.2) is 4.98 Å². The molecular formula is C20H13N3. The van der Waals surface area contributed by atoms with Crippen molar-refractivity contribution in [3.05, 3.63) is 83.3 Å². The molecule has 3 heteroatoms. The normalized spacial score (nSPS) is 9.87. The second-order valence-corrected chi connectivity index (χ2v) is 5.17. The molecule has 0 atom stereocenters. The molecule has 0 saturated carbocycles. The van der Waals surface area contributed by atoms with Crippen molar-refractivity contribution in [3.63, 3.8) is 0 Å². The minimum absolute atomic E-state index is 0.499. The van der Waals surface area contributed by atoms with Crippen LogP contribution in [0.15, 0.2) is 60.8 Å². The largest absolute Gasteiger partial charge is 0.257 e. The lowest BCUT2D eigenvalue weighted by atomic mass is 9.94. The SMILES string of the molecule is [C-]#[N+]c1ccc(C#N)cc1-c1nccc(C)c1-c1ccccc1. The van der Waals surface area contributed by atoms with Crippen molar-refractivity contribution in [1.82, 2.24) is 4.98 Å². The summed E-state index contributed by atoms with van der Waals surface area (Å²) >= 11 is 0. The zero-order valence-electron chi connectivity index (χ0n) is 12.6. The van der Waals surface area contributed by atoms with Crippen LogP contribution < -0.4 is 0 Å². The molecule has 3 rings (SSSR count). The maximum Gasteiger partial charge on any atom is 0.196 e. The maximum atomic E-state index is 9.17. The number of nitriles is 1. The fraction of sp³-hybridized carbons (Fsp3) is 0.0500. The predicted octanol–water partition coefficient (Wildman–Crippen LogP) is 5.15. The third-order valence-corrected chi connectivity index (χ3v) is 3.72. The number of aryl methyl sites for hydroxylation is 1. The summed E-state index contributed by atoms with van der Waals surface area (Å²) in [5, 5.41) is 9.17. The molecule has 0 radical (unpaired) electrons. The van der Waals surface area contributed by atoms with Crippen LogP contribution in [-0.2, 0) is 0 Å². The Morgan fingerprint density at radius 2 is 1.87 bits per heavy atom. The molecule has 0 N–H and O–H groups in total. The molecule has 1 heterocycles. The molecular weight excluding hydrogens is 282 g/mol. The molecule has 0 aliphatic carbocycles. The fourth-order valence-corrected chi connectivity index (χ4v) is 2.62. The predicted molar refractivity (Wildman–Crippen MR) is 90.8 cm³/mol. The van der Waals surface area contributed by atoms with Gasteiger partial charge >= 0.3 is 0 Å². The third kappa shape index (κ3) is 2.69. The van der Waals surface area contributed by atoms with Crippen LogP contribution in [0.5, 0.6) is 0 Å². The average molecular weight is 295 g/mol. The van der Waals surface area contributed by atoms with Gasteiger partial charge in [-0.15, -0.1) is 0 Å². The van der Waals surface area contributed by atoms with E-state index in [0.29, 0.717) is 16.8 Å². The number of nitrogens with zero attached hydrogens (tertiary/aromatic N) is 3. The van der Waals surface area contributed by atoms with Gasteiger partial charge in [0.25, 0.3) is 0 Å². The average Bonchev–Trinajstić information content (AvgIpc) is 2.61. The Morgan fingerprint density at radius 1 is 1.09 bits per heavy atom. The van der Waals surface area contributed by atoms with E-state index in [4.69, 9.17) is 11.8 Å². The van der Waals surface area contributed by atoms with Crippen LogP contribution in [0.2, 0.25) is 0 Å². The van der Waals surface area contributed by atoms with Crippen molar-refractivity contribution in [1.29, 1.82) is 5.26 Å². The summed E-state index contributed by atoms with van der Waals surface area (Å²) in [6.07, 6.45) is 1.74. The van der Waals surface area contributed by atoms with Crippen molar-refractivity contribution in [2.45, 2.75) is 6.92 Å². The molecule has 3 nitrogen and oxygen atoms in total. The molecule has 0 spiro atoms. The highest BCUT2D eigenvalue weighted by Gasteiger charge is 2.15. The van der Waals surface area contributed by atoms with E-state index in [0.717, 1.165) is 22.4 Å². The summed E-state index contributed by atoms with van der Waals surface area (Å²) in [6, 6.07) is 19.1. The molecule has 23 heavy (non-hydrogen) atoms. The molecule has 0 bridgehead atoms. The minimum atomic E-state index is 0.499.